The summed E-state index contributed by atoms with van der Waals surface area (Å²) in [6.45, 7) is 1.92. The van der Waals surface area contributed by atoms with Crippen LogP contribution in [0.25, 0.3) is 10.9 Å². The summed E-state index contributed by atoms with van der Waals surface area (Å²) in [5.74, 6) is -0.481. The summed E-state index contributed by atoms with van der Waals surface area (Å²) in [6.07, 6.45) is 2.06. The molecular weight excluding hydrogens is 242 g/mol. The molecule has 2 rings (SSSR count). The second-order valence-electron chi connectivity index (χ2n) is 4.43. The molecule has 0 spiro atoms. The number of carbonyl (C=O) groups is 2. The highest BCUT2D eigenvalue weighted by Crippen LogP contribution is 2.15. The number of H-pyrrole nitrogens is 1. The van der Waals surface area contributed by atoms with Crippen molar-refractivity contribution in [3.63, 3.8) is 0 Å². The molecule has 1 heterocycles. The molecule has 1 aromatic heterocycles. The van der Waals surface area contributed by atoms with Gasteiger partial charge in [-0.3, -0.25) is 14.5 Å². The predicted molar refractivity (Wildman–Crippen MR) is 73.5 cm³/mol. The summed E-state index contributed by atoms with van der Waals surface area (Å²) in [5, 5.41) is 1.05. The van der Waals surface area contributed by atoms with Gasteiger partial charge in [0.15, 0.2) is 0 Å². The normalized spacial score (nSPS) is 10.6. The minimum atomic E-state index is -0.266. The summed E-state index contributed by atoms with van der Waals surface area (Å²) in [5.41, 5.74) is 7.33. The summed E-state index contributed by atoms with van der Waals surface area (Å²) >= 11 is 0. The third kappa shape index (κ3) is 3.00. The number of rotatable bonds is 4. The van der Waals surface area contributed by atoms with Gasteiger partial charge in [0, 0.05) is 31.7 Å². The van der Waals surface area contributed by atoms with Crippen LogP contribution in [0.5, 0.6) is 0 Å². The summed E-state index contributed by atoms with van der Waals surface area (Å²) < 4.78 is 0. The maximum atomic E-state index is 12.1. The van der Waals surface area contributed by atoms with Gasteiger partial charge >= 0.3 is 0 Å². The van der Waals surface area contributed by atoms with E-state index in [1.54, 1.807) is 0 Å². The van der Waals surface area contributed by atoms with Crippen LogP contribution < -0.4 is 5.73 Å². The molecule has 0 aliphatic heterocycles. The first kappa shape index (κ1) is 13.3. The third-order valence-corrected chi connectivity index (χ3v) is 3.01. The molecule has 2 amide bonds. The van der Waals surface area contributed by atoms with Crippen molar-refractivity contribution in [3.05, 3.63) is 36.0 Å². The Balaban J connectivity index is 2.14. The average molecular weight is 259 g/mol. The lowest BCUT2D eigenvalue weighted by Crippen LogP contribution is -2.39. The van der Waals surface area contributed by atoms with E-state index in [1.165, 1.54) is 11.8 Å². The van der Waals surface area contributed by atoms with Gasteiger partial charge in [-0.15, -0.1) is 0 Å². The van der Waals surface area contributed by atoms with E-state index >= 15 is 0 Å². The first-order valence-corrected chi connectivity index (χ1v) is 6.19. The van der Waals surface area contributed by atoms with Gasteiger partial charge in [0.2, 0.25) is 11.8 Å². The first-order valence-electron chi connectivity index (χ1n) is 6.19. The first-order chi connectivity index (χ1) is 9.11. The number of nitrogens with two attached hydrogens (primary N) is 1. The SMILES string of the molecule is CC(=O)N(CCN)C(=O)Cc1ccc2[nH]ccc2c1. The van der Waals surface area contributed by atoms with Crippen LogP contribution in [-0.4, -0.2) is 34.8 Å². The van der Waals surface area contributed by atoms with Gasteiger partial charge in [-0.25, -0.2) is 0 Å². The maximum Gasteiger partial charge on any atom is 0.233 e. The van der Waals surface area contributed by atoms with E-state index in [0.717, 1.165) is 16.5 Å². The van der Waals surface area contributed by atoms with E-state index in [9.17, 15) is 9.59 Å². The molecule has 1 aromatic carbocycles. The number of nitrogens with one attached hydrogen (secondary N) is 1. The Labute approximate surface area is 111 Å². The lowest BCUT2D eigenvalue weighted by atomic mass is 10.1. The maximum absolute atomic E-state index is 12.1. The molecule has 19 heavy (non-hydrogen) atoms. The third-order valence-electron chi connectivity index (χ3n) is 3.01. The smallest absolute Gasteiger partial charge is 0.233 e. The molecule has 0 fully saturated rings. The predicted octanol–water partition coefficient (Wildman–Crippen LogP) is 1.04. The van der Waals surface area contributed by atoms with Crippen molar-refractivity contribution in [2.45, 2.75) is 13.3 Å². The number of hydrogen-bond acceptors (Lipinski definition) is 3. The number of aromatic nitrogens is 1. The highest BCUT2D eigenvalue weighted by Gasteiger charge is 2.17. The second kappa shape index (κ2) is 5.67. The molecule has 0 radical (unpaired) electrons. The number of nitrogens with zero attached hydrogens (tertiary/aromatic N) is 1. The minimum absolute atomic E-state index is 0.209. The fourth-order valence-corrected chi connectivity index (χ4v) is 2.07. The van der Waals surface area contributed by atoms with Crippen LogP contribution in [-0.2, 0) is 16.0 Å². The van der Waals surface area contributed by atoms with Crippen LogP contribution in [0.3, 0.4) is 0 Å². The highest BCUT2D eigenvalue weighted by atomic mass is 16.2. The Kier molecular flexibility index (Phi) is 3.97. The van der Waals surface area contributed by atoms with Crippen molar-refractivity contribution >= 4 is 22.7 Å². The largest absolute Gasteiger partial charge is 0.361 e. The number of fused-ring (bicyclic) bond motifs is 1. The van der Waals surface area contributed by atoms with Crippen LogP contribution in [0, 0.1) is 0 Å². The van der Waals surface area contributed by atoms with Gasteiger partial charge in [-0.2, -0.15) is 0 Å². The molecule has 0 aliphatic rings. The van der Waals surface area contributed by atoms with Crippen LogP contribution in [0.15, 0.2) is 30.5 Å². The van der Waals surface area contributed by atoms with Gasteiger partial charge in [0.25, 0.3) is 0 Å². The number of carbonyl (C=O) groups excluding carboxylic acids is 2. The van der Waals surface area contributed by atoms with E-state index in [-0.39, 0.29) is 31.3 Å². The van der Waals surface area contributed by atoms with E-state index < -0.39 is 0 Å². The molecule has 0 atom stereocenters. The molecule has 2 aromatic rings. The Morgan fingerprint density at radius 2 is 2.11 bits per heavy atom. The van der Waals surface area contributed by atoms with Gasteiger partial charge in [0.05, 0.1) is 6.42 Å². The Morgan fingerprint density at radius 3 is 2.79 bits per heavy atom. The van der Waals surface area contributed by atoms with E-state index in [2.05, 4.69) is 4.98 Å². The van der Waals surface area contributed by atoms with Crippen molar-refractivity contribution in [2.75, 3.05) is 13.1 Å². The van der Waals surface area contributed by atoms with Crippen molar-refractivity contribution in [1.82, 2.24) is 9.88 Å². The van der Waals surface area contributed by atoms with Crippen LogP contribution in [0.4, 0.5) is 0 Å². The fourth-order valence-electron chi connectivity index (χ4n) is 2.07. The highest BCUT2D eigenvalue weighted by molar-refractivity contribution is 5.95. The standard InChI is InChI=1S/C14H17N3O2/c1-10(18)17(7-5-15)14(19)9-11-2-3-13-12(8-11)4-6-16-13/h2-4,6,8,16H,5,7,9,15H2,1H3. The van der Waals surface area contributed by atoms with E-state index in [0.29, 0.717) is 0 Å². The fraction of sp³-hybridized carbons (Fsp3) is 0.286. The summed E-state index contributed by atoms with van der Waals surface area (Å²) in [6, 6.07) is 7.72. The van der Waals surface area contributed by atoms with Crippen molar-refractivity contribution < 1.29 is 9.59 Å². The minimum Gasteiger partial charge on any atom is -0.361 e. The average Bonchev–Trinajstić information content (AvgIpc) is 2.82. The zero-order chi connectivity index (χ0) is 13.8. The molecule has 3 N–H and O–H groups in total. The number of hydrogen-bond donors (Lipinski definition) is 2. The van der Waals surface area contributed by atoms with Crippen molar-refractivity contribution in [2.24, 2.45) is 5.73 Å². The molecule has 0 saturated heterocycles. The summed E-state index contributed by atoms with van der Waals surface area (Å²) in [7, 11) is 0. The van der Waals surface area contributed by atoms with E-state index in [4.69, 9.17) is 5.73 Å². The van der Waals surface area contributed by atoms with Gasteiger partial charge < -0.3 is 10.7 Å². The topological polar surface area (TPSA) is 79.2 Å². The number of aromatic amines is 1. The molecule has 5 heteroatoms. The van der Waals surface area contributed by atoms with Crippen molar-refractivity contribution in [1.29, 1.82) is 0 Å². The van der Waals surface area contributed by atoms with Gasteiger partial charge in [-0.05, 0) is 29.1 Å². The molecule has 100 valence electrons. The molecule has 0 bridgehead atoms. The molecule has 5 nitrogen and oxygen atoms in total. The number of amides is 2. The molecule has 0 unspecified atom stereocenters. The zero-order valence-electron chi connectivity index (χ0n) is 10.8. The number of benzene rings is 1. The van der Waals surface area contributed by atoms with Gasteiger partial charge in [-0.1, -0.05) is 6.07 Å². The summed E-state index contributed by atoms with van der Waals surface area (Å²) in [4.78, 5) is 27.7. The van der Waals surface area contributed by atoms with Crippen LogP contribution in [0.1, 0.15) is 12.5 Å². The lowest BCUT2D eigenvalue weighted by molar-refractivity contribution is -0.142. The molecule has 0 aliphatic carbocycles. The van der Waals surface area contributed by atoms with Gasteiger partial charge in [0.1, 0.15) is 0 Å². The van der Waals surface area contributed by atoms with Crippen molar-refractivity contribution in [3.8, 4) is 0 Å². The second-order valence-corrected chi connectivity index (χ2v) is 4.43. The Bertz CT molecular complexity index is 604. The van der Waals surface area contributed by atoms with E-state index in [1.807, 2.05) is 30.5 Å². The Hall–Kier alpha value is -2.14. The Morgan fingerprint density at radius 1 is 1.32 bits per heavy atom. The van der Waals surface area contributed by atoms with Crippen LogP contribution in [0.2, 0.25) is 0 Å². The van der Waals surface area contributed by atoms with Crippen LogP contribution >= 0.6 is 0 Å². The quantitative estimate of drug-likeness (QED) is 0.861. The molecular formula is C14H17N3O2. The molecule has 0 saturated carbocycles. The number of imide groups is 1. The monoisotopic (exact) mass is 259 g/mol. The zero-order valence-corrected chi connectivity index (χ0v) is 10.8. The lowest BCUT2D eigenvalue weighted by Gasteiger charge is -2.18.